The topological polar surface area (TPSA) is 86.3 Å². The van der Waals surface area contributed by atoms with E-state index in [1.165, 1.54) is 0 Å². The highest BCUT2D eigenvalue weighted by molar-refractivity contribution is 5.67. The van der Waals surface area contributed by atoms with Crippen molar-refractivity contribution in [2.45, 2.75) is 26.3 Å². The van der Waals surface area contributed by atoms with Gasteiger partial charge < -0.3 is 15.4 Å². The number of nitrogens with two attached hydrogens (primary N) is 1. The summed E-state index contributed by atoms with van der Waals surface area (Å²) in [5, 5.41) is 8.29. The van der Waals surface area contributed by atoms with Crippen LogP contribution >= 0.6 is 0 Å². The highest BCUT2D eigenvalue weighted by Crippen LogP contribution is 2.18. The van der Waals surface area contributed by atoms with Crippen LogP contribution in [0, 0.1) is 0 Å². The molecule has 23 heavy (non-hydrogen) atoms. The lowest BCUT2D eigenvalue weighted by Gasteiger charge is -2.15. The summed E-state index contributed by atoms with van der Waals surface area (Å²) in [5.74, 6) is 0. The van der Waals surface area contributed by atoms with E-state index in [1.54, 1.807) is 18.9 Å². The SMILES string of the molecule is CCOC(=O)N(C)CCCCn1cc(-c2cccc(N)c2)nn1. The maximum absolute atomic E-state index is 11.5. The van der Waals surface area contributed by atoms with E-state index in [0.717, 1.165) is 30.6 Å². The number of nitrogens with zero attached hydrogens (tertiary/aromatic N) is 4. The van der Waals surface area contributed by atoms with Gasteiger partial charge in [0, 0.05) is 31.4 Å². The Morgan fingerprint density at radius 2 is 2.22 bits per heavy atom. The number of hydrogen-bond acceptors (Lipinski definition) is 5. The summed E-state index contributed by atoms with van der Waals surface area (Å²) in [6, 6.07) is 7.57. The summed E-state index contributed by atoms with van der Waals surface area (Å²) in [6.45, 7) is 3.62. The number of nitrogen functional groups attached to an aromatic ring is 1. The van der Waals surface area contributed by atoms with Crippen LogP contribution in [0.4, 0.5) is 10.5 Å². The molecule has 0 bridgehead atoms. The first-order valence-electron chi connectivity index (χ1n) is 7.74. The molecule has 7 heteroatoms. The van der Waals surface area contributed by atoms with Crippen molar-refractivity contribution in [2.75, 3.05) is 25.9 Å². The number of aromatic nitrogens is 3. The van der Waals surface area contributed by atoms with Crippen molar-refractivity contribution in [2.24, 2.45) is 0 Å². The first-order valence-corrected chi connectivity index (χ1v) is 7.74. The predicted molar refractivity (Wildman–Crippen MR) is 88.8 cm³/mol. The number of unbranched alkanes of at least 4 members (excludes halogenated alkanes) is 1. The Hall–Kier alpha value is -2.57. The van der Waals surface area contributed by atoms with Crippen LogP contribution in [0.1, 0.15) is 19.8 Å². The zero-order chi connectivity index (χ0) is 16.7. The Balaban J connectivity index is 1.78. The molecule has 124 valence electrons. The van der Waals surface area contributed by atoms with Crippen LogP contribution in [0.5, 0.6) is 0 Å². The van der Waals surface area contributed by atoms with Gasteiger partial charge in [0.05, 0.1) is 12.8 Å². The Morgan fingerprint density at radius 1 is 1.39 bits per heavy atom. The third-order valence-electron chi connectivity index (χ3n) is 3.43. The average molecular weight is 317 g/mol. The number of ether oxygens (including phenoxy) is 1. The Labute approximate surface area is 136 Å². The molecule has 1 aromatic heterocycles. The van der Waals surface area contributed by atoms with Gasteiger partial charge >= 0.3 is 6.09 Å². The Bertz CT molecular complexity index is 641. The molecule has 0 atom stereocenters. The van der Waals surface area contributed by atoms with Crippen molar-refractivity contribution in [3.63, 3.8) is 0 Å². The molecule has 1 aromatic carbocycles. The fraction of sp³-hybridized carbons (Fsp3) is 0.438. The van der Waals surface area contributed by atoms with E-state index < -0.39 is 0 Å². The third-order valence-corrected chi connectivity index (χ3v) is 3.43. The van der Waals surface area contributed by atoms with Gasteiger partial charge in [0.1, 0.15) is 5.69 Å². The van der Waals surface area contributed by atoms with Crippen molar-refractivity contribution in [3.05, 3.63) is 30.5 Å². The number of rotatable bonds is 7. The summed E-state index contributed by atoms with van der Waals surface area (Å²) in [6.07, 6.45) is 3.41. The Morgan fingerprint density at radius 3 is 2.96 bits per heavy atom. The van der Waals surface area contributed by atoms with E-state index in [2.05, 4.69) is 10.3 Å². The second-order valence-corrected chi connectivity index (χ2v) is 5.32. The number of carbonyl (C=O) groups excluding carboxylic acids is 1. The maximum atomic E-state index is 11.5. The minimum atomic E-state index is -0.280. The van der Waals surface area contributed by atoms with Gasteiger partial charge in [-0.1, -0.05) is 17.3 Å². The molecule has 0 radical (unpaired) electrons. The molecule has 1 amide bonds. The van der Waals surface area contributed by atoms with Gasteiger partial charge in [-0.2, -0.15) is 0 Å². The molecular formula is C16H23N5O2. The molecule has 0 spiro atoms. The zero-order valence-corrected chi connectivity index (χ0v) is 13.6. The van der Waals surface area contributed by atoms with Crippen LogP contribution < -0.4 is 5.73 Å². The van der Waals surface area contributed by atoms with Crippen molar-refractivity contribution < 1.29 is 9.53 Å². The summed E-state index contributed by atoms with van der Waals surface area (Å²) in [7, 11) is 1.74. The van der Waals surface area contributed by atoms with Crippen LogP contribution in [0.3, 0.4) is 0 Å². The number of hydrogen-bond donors (Lipinski definition) is 1. The molecule has 0 aliphatic heterocycles. The number of aryl methyl sites for hydroxylation is 1. The lowest BCUT2D eigenvalue weighted by molar-refractivity contribution is 0.115. The Kier molecular flexibility index (Phi) is 5.96. The van der Waals surface area contributed by atoms with Crippen molar-refractivity contribution in [1.82, 2.24) is 19.9 Å². The normalized spacial score (nSPS) is 10.5. The van der Waals surface area contributed by atoms with Gasteiger partial charge in [-0.05, 0) is 31.9 Å². The van der Waals surface area contributed by atoms with Crippen LogP contribution in [-0.4, -0.2) is 46.2 Å². The van der Waals surface area contributed by atoms with Gasteiger partial charge in [-0.3, -0.25) is 4.68 Å². The van der Waals surface area contributed by atoms with Gasteiger partial charge in [0.25, 0.3) is 0 Å². The monoisotopic (exact) mass is 317 g/mol. The summed E-state index contributed by atoms with van der Waals surface area (Å²) < 4.78 is 6.74. The molecule has 0 unspecified atom stereocenters. The van der Waals surface area contributed by atoms with E-state index >= 15 is 0 Å². The van der Waals surface area contributed by atoms with Crippen LogP contribution in [-0.2, 0) is 11.3 Å². The standard InChI is InChI=1S/C16H23N5O2/c1-3-23-16(22)20(2)9-4-5-10-21-12-15(18-19-21)13-7-6-8-14(17)11-13/h6-8,11-12H,3-5,9-10,17H2,1-2H3. The fourth-order valence-electron chi connectivity index (χ4n) is 2.19. The fourth-order valence-corrected chi connectivity index (χ4v) is 2.19. The highest BCUT2D eigenvalue weighted by atomic mass is 16.5. The zero-order valence-electron chi connectivity index (χ0n) is 13.6. The number of benzene rings is 1. The predicted octanol–water partition coefficient (Wildman–Crippen LogP) is 2.40. The summed E-state index contributed by atoms with van der Waals surface area (Å²) in [4.78, 5) is 13.0. The van der Waals surface area contributed by atoms with E-state index in [-0.39, 0.29) is 6.09 Å². The molecule has 0 saturated heterocycles. The van der Waals surface area contributed by atoms with Crippen LogP contribution in [0.25, 0.3) is 11.3 Å². The van der Waals surface area contributed by atoms with E-state index in [4.69, 9.17) is 10.5 Å². The maximum Gasteiger partial charge on any atom is 0.409 e. The van der Waals surface area contributed by atoms with Crippen molar-refractivity contribution in [3.8, 4) is 11.3 Å². The van der Waals surface area contributed by atoms with E-state index in [9.17, 15) is 4.79 Å². The van der Waals surface area contributed by atoms with Crippen LogP contribution in [0.15, 0.2) is 30.5 Å². The van der Waals surface area contributed by atoms with Gasteiger partial charge in [0.2, 0.25) is 0 Å². The van der Waals surface area contributed by atoms with Gasteiger partial charge in [-0.25, -0.2) is 4.79 Å². The number of amides is 1. The number of carbonyl (C=O) groups is 1. The van der Waals surface area contributed by atoms with Crippen molar-refractivity contribution in [1.29, 1.82) is 0 Å². The minimum absolute atomic E-state index is 0.280. The van der Waals surface area contributed by atoms with Gasteiger partial charge in [-0.15, -0.1) is 5.10 Å². The van der Waals surface area contributed by atoms with Crippen LogP contribution in [0.2, 0.25) is 0 Å². The highest BCUT2D eigenvalue weighted by Gasteiger charge is 2.08. The minimum Gasteiger partial charge on any atom is -0.450 e. The first kappa shape index (κ1) is 16.8. The van der Waals surface area contributed by atoms with Crippen molar-refractivity contribution >= 4 is 11.8 Å². The summed E-state index contributed by atoms with van der Waals surface area (Å²) >= 11 is 0. The molecular weight excluding hydrogens is 294 g/mol. The van der Waals surface area contributed by atoms with Gasteiger partial charge in [0.15, 0.2) is 0 Å². The van der Waals surface area contributed by atoms with E-state index in [0.29, 0.717) is 18.8 Å². The smallest absolute Gasteiger partial charge is 0.409 e. The molecule has 0 aliphatic carbocycles. The molecule has 0 aliphatic rings. The molecule has 2 N–H and O–H groups in total. The molecule has 0 saturated carbocycles. The second kappa shape index (κ2) is 8.17. The summed E-state index contributed by atoms with van der Waals surface area (Å²) in [5.41, 5.74) is 8.25. The molecule has 1 heterocycles. The first-order chi connectivity index (χ1) is 11.1. The third kappa shape index (κ3) is 4.98. The molecule has 2 rings (SSSR count). The quantitative estimate of drug-likeness (QED) is 0.626. The number of anilines is 1. The largest absolute Gasteiger partial charge is 0.450 e. The molecule has 7 nitrogen and oxygen atoms in total. The second-order valence-electron chi connectivity index (χ2n) is 5.32. The van der Waals surface area contributed by atoms with E-state index in [1.807, 2.05) is 35.1 Å². The lowest BCUT2D eigenvalue weighted by Crippen LogP contribution is -2.28. The molecule has 0 fully saturated rings. The average Bonchev–Trinajstić information content (AvgIpc) is 3.00. The molecule has 2 aromatic rings. The lowest BCUT2D eigenvalue weighted by atomic mass is 10.1.